The van der Waals surface area contributed by atoms with Gasteiger partial charge in [0.15, 0.2) is 34.5 Å². The number of aryl methyl sites for hydroxylation is 2. The number of methoxy groups -OCH3 is 1. The largest absolute Gasteiger partial charge is 0.504 e. The minimum atomic E-state index is -0.644. The molecular weight excluding hydrogens is 454 g/mol. The summed E-state index contributed by atoms with van der Waals surface area (Å²) in [6.07, 6.45) is 0.478. The summed E-state index contributed by atoms with van der Waals surface area (Å²) in [6, 6.07) is 10.3. The lowest BCUT2D eigenvalue weighted by Gasteiger charge is -2.22. The van der Waals surface area contributed by atoms with Gasteiger partial charge in [-0.25, -0.2) is 4.79 Å². The van der Waals surface area contributed by atoms with Gasteiger partial charge in [-0.15, -0.1) is 0 Å². The average Bonchev–Trinajstić information content (AvgIpc) is 3.18. The minimum absolute atomic E-state index is 0.0773. The van der Waals surface area contributed by atoms with Crippen molar-refractivity contribution in [1.82, 2.24) is 4.57 Å². The number of nitrogens with zero attached hydrogens (tertiary/aromatic N) is 1. The zero-order chi connectivity index (χ0) is 24.6. The van der Waals surface area contributed by atoms with Gasteiger partial charge in [0.1, 0.15) is 11.1 Å². The summed E-state index contributed by atoms with van der Waals surface area (Å²) in [5, 5.41) is 52.0. The van der Waals surface area contributed by atoms with E-state index in [1.165, 1.54) is 37.4 Å². The van der Waals surface area contributed by atoms with Crippen LogP contribution in [0.25, 0.3) is 44.3 Å². The third-order valence-corrected chi connectivity index (χ3v) is 6.53. The Balaban J connectivity index is 1.85. The monoisotopic (exact) mass is 473 g/mol. The van der Waals surface area contributed by atoms with E-state index in [2.05, 4.69) is 0 Å². The van der Waals surface area contributed by atoms with Gasteiger partial charge in [0, 0.05) is 34.5 Å². The van der Waals surface area contributed by atoms with Crippen LogP contribution in [0, 0.1) is 0 Å². The fraction of sp³-hybridized carbons (Fsp3) is 0.115. The van der Waals surface area contributed by atoms with E-state index in [1.807, 2.05) is 0 Å². The highest BCUT2D eigenvalue weighted by atomic mass is 16.5. The van der Waals surface area contributed by atoms with Crippen LogP contribution in [0.2, 0.25) is 0 Å². The molecule has 3 heterocycles. The van der Waals surface area contributed by atoms with Crippen molar-refractivity contribution in [2.24, 2.45) is 0 Å². The molecule has 6 rings (SSSR count). The van der Waals surface area contributed by atoms with Gasteiger partial charge in [-0.3, -0.25) is 0 Å². The number of phenols is 5. The van der Waals surface area contributed by atoms with Crippen molar-refractivity contribution in [3.63, 3.8) is 0 Å². The zero-order valence-corrected chi connectivity index (χ0v) is 18.4. The number of aromatic nitrogens is 1. The van der Waals surface area contributed by atoms with E-state index in [0.29, 0.717) is 46.1 Å². The summed E-state index contributed by atoms with van der Waals surface area (Å²) in [7, 11) is 1.43. The Morgan fingerprint density at radius 3 is 2.34 bits per heavy atom. The van der Waals surface area contributed by atoms with Gasteiger partial charge in [-0.1, -0.05) is 6.07 Å². The number of ether oxygens (including phenoxy) is 1. The second-order valence-electron chi connectivity index (χ2n) is 8.46. The van der Waals surface area contributed by atoms with Gasteiger partial charge in [0.05, 0.1) is 12.8 Å². The van der Waals surface area contributed by atoms with Crippen molar-refractivity contribution in [2.75, 3.05) is 7.11 Å². The lowest BCUT2D eigenvalue weighted by Crippen LogP contribution is -2.14. The first-order valence-corrected chi connectivity index (χ1v) is 10.8. The van der Waals surface area contributed by atoms with Crippen LogP contribution in [0.1, 0.15) is 5.56 Å². The maximum Gasteiger partial charge on any atom is 0.361 e. The van der Waals surface area contributed by atoms with Gasteiger partial charge in [-0.05, 0) is 47.9 Å². The third kappa shape index (κ3) is 2.84. The molecule has 0 atom stereocenters. The molecule has 9 nitrogen and oxygen atoms in total. The summed E-state index contributed by atoms with van der Waals surface area (Å²) in [6.45, 7) is 0.380. The van der Waals surface area contributed by atoms with E-state index in [1.54, 1.807) is 16.7 Å². The van der Waals surface area contributed by atoms with Gasteiger partial charge >= 0.3 is 5.63 Å². The maximum absolute atomic E-state index is 13.2. The van der Waals surface area contributed by atoms with Crippen LogP contribution < -0.4 is 10.4 Å². The second kappa shape index (κ2) is 7.10. The van der Waals surface area contributed by atoms with E-state index in [4.69, 9.17) is 9.15 Å². The Labute approximate surface area is 196 Å². The predicted molar refractivity (Wildman–Crippen MR) is 127 cm³/mol. The molecule has 3 aromatic carbocycles. The maximum atomic E-state index is 13.2. The highest BCUT2D eigenvalue weighted by Gasteiger charge is 2.30. The molecule has 0 bridgehead atoms. The number of fused-ring (bicyclic) bond motifs is 7. The Morgan fingerprint density at radius 1 is 0.886 bits per heavy atom. The van der Waals surface area contributed by atoms with Crippen molar-refractivity contribution in [1.29, 1.82) is 0 Å². The van der Waals surface area contributed by atoms with Crippen LogP contribution in [0.4, 0.5) is 0 Å². The van der Waals surface area contributed by atoms with Crippen molar-refractivity contribution in [3.8, 4) is 56.9 Å². The van der Waals surface area contributed by atoms with Crippen LogP contribution in [0.5, 0.6) is 34.5 Å². The van der Waals surface area contributed by atoms with Crippen molar-refractivity contribution >= 4 is 21.9 Å². The first kappa shape index (κ1) is 20.8. The molecule has 0 radical (unpaired) electrons. The molecule has 176 valence electrons. The normalized spacial score (nSPS) is 12.6. The number of benzene rings is 3. The third-order valence-electron chi connectivity index (χ3n) is 6.53. The molecule has 5 N–H and O–H groups in total. The molecule has 0 saturated heterocycles. The van der Waals surface area contributed by atoms with Gasteiger partial charge in [-0.2, -0.15) is 0 Å². The Bertz CT molecular complexity index is 1760. The fourth-order valence-corrected chi connectivity index (χ4v) is 4.99. The number of hydrogen-bond acceptors (Lipinski definition) is 8. The highest BCUT2D eigenvalue weighted by Crippen LogP contribution is 2.49. The van der Waals surface area contributed by atoms with Crippen molar-refractivity contribution in [2.45, 2.75) is 13.0 Å². The molecule has 9 heteroatoms. The Kier molecular flexibility index (Phi) is 4.22. The first-order valence-electron chi connectivity index (χ1n) is 10.8. The van der Waals surface area contributed by atoms with Crippen LogP contribution in [-0.4, -0.2) is 37.2 Å². The molecule has 0 unspecified atom stereocenters. The number of rotatable bonds is 2. The topological polar surface area (TPSA) is 146 Å². The van der Waals surface area contributed by atoms with Gasteiger partial charge < -0.3 is 39.3 Å². The average molecular weight is 473 g/mol. The zero-order valence-electron chi connectivity index (χ0n) is 18.4. The minimum Gasteiger partial charge on any atom is -0.504 e. The summed E-state index contributed by atoms with van der Waals surface area (Å²) >= 11 is 0. The molecular formula is C26H19NO8. The summed E-state index contributed by atoms with van der Waals surface area (Å²) in [5.74, 6) is -1.23. The lowest BCUT2D eigenvalue weighted by molar-refractivity contribution is 0.373. The molecule has 0 fully saturated rings. The van der Waals surface area contributed by atoms with E-state index in [0.717, 1.165) is 5.56 Å². The molecule has 0 aliphatic carbocycles. The van der Waals surface area contributed by atoms with E-state index < -0.39 is 11.4 Å². The predicted octanol–water partition coefficient (Wildman–Crippen LogP) is 4.17. The van der Waals surface area contributed by atoms with Crippen molar-refractivity contribution < 1.29 is 34.7 Å². The van der Waals surface area contributed by atoms with Gasteiger partial charge in [0.2, 0.25) is 0 Å². The van der Waals surface area contributed by atoms with Crippen molar-refractivity contribution in [3.05, 3.63) is 58.4 Å². The molecule has 5 aromatic rings. The van der Waals surface area contributed by atoms with Crippen LogP contribution in [0.3, 0.4) is 0 Å². The van der Waals surface area contributed by atoms with Gasteiger partial charge in [0.25, 0.3) is 0 Å². The molecule has 0 saturated carbocycles. The SMILES string of the molecule is COc1ccc(-c2c3n(c4c(=O)oc5cc(O)c(O)cc5c24)CCc2cc(O)c(O)cc2-3)cc1O. The molecule has 1 aliphatic rings. The van der Waals surface area contributed by atoms with Crippen LogP contribution in [-0.2, 0) is 13.0 Å². The molecule has 0 amide bonds. The molecule has 1 aliphatic heterocycles. The molecule has 2 aromatic heterocycles. The second-order valence-corrected chi connectivity index (χ2v) is 8.46. The first-order chi connectivity index (χ1) is 16.8. The Morgan fingerprint density at radius 2 is 1.60 bits per heavy atom. The fourth-order valence-electron chi connectivity index (χ4n) is 4.99. The van der Waals surface area contributed by atoms with E-state index in [-0.39, 0.29) is 39.8 Å². The number of hydrogen-bond donors (Lipinski definition) is 5. The van der Waals surface area contributed by atoms with Crippen LogP contribution >= 0.6 is 0 Å². The Hall–Kier alpha value is -4.79. The number of phenolic OH excluding ortho intramolecular Hbond substituents is 5. The quantitative estimate of drug-likeness (QED) is 0.190. The van der Waals surface area contributed by atoms with E-state index in [9.17, 15) is 30.3 Å². The lowest BCUT2D eigenvalue weighted by atomic mass is 9.91. The summed E-state index contributed by atoms with van der Waals surface area (Å²) < 4.78 is 12.5. The van der Waals surface area contributed by atoms with Crippen LogP contribution in [0.15, 0.2) is 51.7 Å². The number of aromatic hydroxyl groups is 5. The molecule has 35 heavy (non-hydrogen) atoms. The standard InChI is InChI=1S/C26H19NO8/c1-34-20-3-2-12(7-19(20)32)22-23-14-9-17(30)18(31)10-21(14)35-26(33)25(23)27-5-4-11-6-15(28)16(29)8-13(11)24(22)27/h2-3,6-10,28-32H,4-5H2,1H3. The summed E-state index contributed by atoms with van der Waals surface area (Å²) in [4.78, 5) is 13.2. The highest BCUT2D eigenvalue weighted by molar-refractivity contribution is 6.17. The molecule has 0 spiro atoms. The summed E-state index contributed by atoms with van der Waals surface area (Å²) in [5.41, 5.74) is 2.71. The van der Waals surface area contributed by atoms with E-state index >= 15 is 0 Å². The smallest absolute Gasteiger partial charge is 0.361 e.